The molecule has 0 bridgehead atoms. The lowest BCUT2D eigenvalue weighted by molar-refractivity contribution is 0.0926. The Morgan fingerprint density at radius 2 is 1.60 bits per heavy atom. The van der Waals surface area contributed by atoms with Crippen LogP contribution in [0.25, 0.3) is 11.3 Å². The van der Waals surface area contributed by atoms with E-state index in [-0.39, 0.29) is 11.8 Å². The van der Waals surface area contributed by atoms with E-state index in [0.717, 1.165) is 9.13 Å². The number of hydrogen-bond donors (Lipinski definition) is 0. The van der Waals surface area contributed by atoms with Crippen LogP contribution in [0.15, 0.2) is 60.7 Å². The number of carbonyl (C=O) groups excluding carboxylic acids is 2. The molecule has 1 aliphatic rings. The highest BCUT2D eigenvalue weighted by atomic mass is 127. The van der Waals surface area contributed by atoms with E-state index in [1.54, 1.807) is 25.1 Å². The van der Waals surface area contributed by atoms with Crippen LogP contribution in [0.2, 0.25) is 0 Å². The molecule has 1 aromatic heterocycles. The molecule has 0 atom stereocenters. The molecule has 25 heavy (non-hydrogen) atoms. The second kappa shape index (κ2) is 6.07. The number of aryl methyl sites for hydroxylation is 1. The van der Waals surface area contributed by atoms with Crippen LogP contribution >= 0.6 is 22.6 Å². The topological polar surface area (TPSA) is 50.3 Å². The van der Waals surface area contributed by atoms with Gasteiger partial charge in [0.15, 0.2) is 0 Å². The minimum absolute atomic E-state index is 0.302. The monoisotopic (exact) mass is 440 g/mol. The molecule has 0 saturated carbocycles. The number of aromatic nitrogens is 1. The van der Waals surface area contributed by atoms with E-state index in [1.165, 1.54) is 4.90 Å². The number of amides is 2. The van der Waals surface area contributed by atoms with Gasteiger partial charge in [0.25, 0.3) is 11.8 Å². The third kappa shape index (κ3) is 2.64. The first-order chi connectivity index (χ1) is 12.1. The maximum absolute atomic E-state index is 12.9. The van der Waals surface area contributed by atoms with Gasteiger partial charge in [0, 0.05) is 9.13 Å². The fourth-order valence-electron chi connectivity index (χ4n) is 3.02. The van der Waals surface area contributed by atoms with Gasteiger partial charge in [0.05, 0.1) is 28.2 Å². The van der Waals surface area contributed by atoms with Crippen molar-refractivity contribution in [3.05, 3.63) is 81.1 Å². The molecule has 2 heterocycles. The number of nitrogens with zero attached hydrogens (tertiary/aromatic N) is 2. The molecule has 0 radical (unpaired) electrons. The van der Waals surface area contributed by atoms with Crippen molar-refractivity contribution >= 4 is 40.1 Å². The summed E-state index contributed by atoms with van der Waals surface area (Å²) in [7, 11) is 0. The standard InChI is InChI=1S/C20H13IN2O2/c1-12-18-16(11-17(22-12)13-5-3-2-4-6-13)19(24)23(20(18)25)15-9-7-14(21)8-10-15/h2-11H,1H3. The number of halogens is 1. The summed E-state index contributed by atoms with van der Waals surface area (Å²) in [5.41, 5.74) is 3.57. The number of benzene rings is 2. The van der Waals surface area contributed by atoms with Crippen molar-refractivity contribution in [3.8, 4) is 11.3 Å². The van der Waals surface area contributed by atoms with Crippen molar-refractivity contribution < 1.29 is 9.59 Å². The molecular weight excluding hydrogens is 427 g/mol. The first-order valence-electron chi connectivity index (χ1n) is 7.77. The van der Waals surface area contributed by atoms with Gasteiger partial charge in [-0.3, -0.25) is 14.6 Å². The molecule has 2 aromatic carbocycles. The van der Waals surface area contributed by atoms with Gasteiger partial charge < -0.3 is 0 Å². The lowest BCUT2D eigenvalue weighted by Crippen LogP contribution is -2.29. The van der Waals surface area contributed by atoms with Crippen molar-refractivity contribution in [2.24, 2.45) is 0 Å². The molecule has 0 spiro atoms. The summed E-state index contributed by atoms with van der Waals surface area (Å²) in [5, 5.41) is 0. The Morgan fingerprint density at radius 3 is 2.28 bits per heavy atom. The molecule has 5 heteroatoms. The highest BCUT2D eigenvalue weighted by molar-refractivity contribution is 14.1. The quantitative estimate of drug-likeness (QED) is 0.437. The largest absolute Gasteiger partial charge is 0.268 e. The molecule has 0 aliphatic carbocycles. The van der Waals surface area contributed by atoms with Crippen LogP contribution in [-0.2, 0) is 0 Å². The maximum atomic E-state index is 12.9. The zero-order valence-electron chi connectivity index (χ0n) is 13.4. The van der Waals surface area contributed by atoms with Crippen molar-refractivity contribution in [1.29, 1.82) is 0 Å². The van der Waals surface area contributed by atoms with E-state index in [9.17, 15) is 9.59 Å². The zero-order chi connectivity index (χ0) is 17.6. The number of imide groups is 1. The van der Waals surface area contributed by atoms with Crippen molar-refractivity contribution in [3.63, 3.8) is 0 Å². The SMILES string of the molecule is Cc1nc(-c2ccccc2)cc2c1C(=O)N(c1ccc(I)cc1)C2=O. The minimum atomic E-state index is -0.314. The Hall–Kier alpha value is -2.54. The second-order valence-corrected chi connectivity index (χ2v) is 7.05. The van der Waals surface area contributed by atoms with E-state index in [2.05, 4.69) is 27.6 Å². The van der Waals surface area contributed by atoms with E-state index in [0.29, 0.717) is 28.2 Å². The molecule has 0 saturated heterocycles. The van der Waals surface area contributed by atoms with Crippen LogP contribution in [0.5, 0.6) is 0 Å². The molecule has 1 aliphatic heterocycles. The zero-order valence-corrected chi connectivity index (χ0v) is 15.5. The normalized spacial score (nSPS) is 13.3. The van der Waals surface area contributed by atoms with Crippen molar-refractivity contribution in [2.45, 2.75) is 6.92 Å². The molecule has 4 nitrogen and oxygen atoms in total. The summed E-state index contributed by atoms with van der Waals surface area (Å²) in [6, 6.07) is 18.7. The lowest BCUT2D eigenvalue weighted by atomic mass is 10.0. The number of rotatable bonds is 2. The predicted octanol–water partition coefficient (Wildman–Crippen LogP) is 4.46. The Labute approximate surface area is 158 Å². The predicted molar refractivity (Wildman–Crippen MR) is 105 cm³/mol. The first kappa shape index (κ1) is 16.0. The fraction of sp³-hybridized carbons (Fsp3) is 0.0500. The number of carbonyl (C=O) groups is 2. The minimum Gasteiger partial charge on any atom is -0.268 e. The van der Waals surface area contributed by atoms with E-state index in [1.807, 2.05) is 42.5 Å². The van der Waals surface area contributed by atoms with Crippen LogP contribution < -0.4 is 4.90 Å². The lowest BCUT2D eigenvalue weighted by Gasteiger charge is -2.13. The molecule has 4 rings (SSSR count). The van der Waals surface area contributed by atoms with Gasteiger partial charge in [-0.05, 0) is 59.8 Å². The van der Waals surface area contributed by atoms with Gasteiger partial charge in [-0.15, -0.1) is 0 Å². The molecule has 0 unspecified atom stereocenters. The van der Waals surface area contributed by atoms with Crippen LogP contribution in [0.1, 0.15) is 26.4 Å². The summed E-state index contributed by atoms with van der Waals surface area (Å²) in [6.07, 6.45) is 0. The Balaban J connectivity index is 1.83. The number of pyridine rings is 1. The Bertz CT molecular complexity index is 998. The van der Waals surface area contributed by atoms with E-state index in [4.69, 9.17) is 0 Å². The number of fused-ring (bicyclic) bond motifs is 1. The van der Waals surface area contributed by atoms with Gasteiger partial charge in [-0.1, -0.05) is 30.3 Å². The molecule has 122 valence electrons. The third-order valence-corrected chi connectivity index (χ3v) is 4.92. The molecule has 0 N–H and O–H groups in total. The number of hydrogen-bond acceptors (Lipinski definition) is 3. The smallest absolute Gasteiger partial charge is 0.267 e. The molecule has 3 aromatic rings. The maximum Gasteiger partial charge on any atom is 0.267 e. The average Bonchev–Trinajstić information content (AvgIpc) is 2.88. The average molecular weight is 440 g/mol. The van der Waals surface area contributed by atoms with Crippen molar-refractivity contribution in [2.75, 3.05) is 4.90 Å². The highest BCUT2D eigenvalue weighted by Crippen LogP contribution is 2.32. The molecule has 0 fully saturated rings. The van der Waals surface area contributed by atoms with Crippen LogP contribution in [0, 0.1) is 10.5 Å². The fourth-order valence-corrected chi connectivity index (χ4v) is 3.38. The summed E-state index contributed by atoms with van der Waals surface area (Å²) >= 11 is 2.19. The molecule has 2 amide bonds. The van der Waals surface area contributed by atoms with Gasteiger partial charge in [0.2, 0.25) is 0 Å². The Morgan fingerprint density at radius 1 is 0.920 bits per heavy atom. The second-order valence-electron chi connectivity index (χ2n) is 5.80. The Kier molecular flexibility index (Phi) is 3.88. The van der Waals surface area contributed by atoms with E-state index < -0.39 is 0 Å². The van der Waals surface area contributed by atoms with Gasteiger partial charge in [-0.2, -0.15) is 0 Å². The van der Waals surface area contributed by atoms with Crippen LogP contribution in [-0.4, -0.2) is 16.8 Å². The van der Waals surface area contributed by atoms with Gasteiger partial charge in [-0.25, -0.2) is 4.90 Å². The highest BCUT2D eigenvalue weighted by Gasteiger charge is 2.38. The van der Waals surface area contributed by atoms with Crippen molar-refractivity contribution in [1.82, 2.24) is 4.98 Å². The summed E-state index contributed by atoms with van der Waals surface area (Å²) in [4.78, 5) is 31.5. The third-order valence-electron chi connectivity index (χ3n) is 4.21. The van der Waals surface area contributed by atoms with E-state index >= 15 is 0 Å². The first-order valence-corrected chi connectivity index (χ1v) is 8.85. The summed E-state index contributed by atoms with van der Waals surface area (Å²) in [5.74, 6) is -0.616. The molecular formula is C20H13IN2O2. The summed E-state index contributed by atoms with van der Waals surface area (Å²) < 4.78 is 1.04. The number of anilines is 1. The van der Waals surface area contributed by atoms with Crippen LogP contribution in [0.4, 0.5) is 5.69 Å². The van der Waals surface area contributed by atoms with Crippen LogP contribution in [0.3, 0.4) is 0 Å². The van der Waals surface area contributed by atoms with Gasteiger partial charge >= 0.3 is 0 Å². The van der Waals surface area contributed by atoms with Gasteiger partial charge in [0.1, 0.15) is 0 Å². The summed E-state index contributed by atoms with van der Waals surface area (Å²) in [6.45, 7) is 1.77.